The van der Waals surface area contributed by atoms with Gasteiger partial charge in [-0.05, 0) is 30.7 Å². The molecular formula is C16H12Cl2N4O. The van der Waals surface area contributed by atoms with Gasteiger partial charge in [-0.1, -0.05) is 29.3 Å². The molecule has 23 heavy (non-hydrogen) atoms. The zero-order chi connectivity index (χ0) is 16.4. The second kappa shape index (κ2) is 6.40. The maximum atomic E-state index is 12.3. The summed E-state index contributed by atoms with van der Waals surface area (Å²) in [5, 5.41) is 5.71. The molecule has 3 rings (SSSR count). The Balaban J connectivity index is 1.85. The van der Waals surface area contributed by atoms with Gasteiger partial charge in [0.25, 0.3) is 5.91 Å². The number of aromatic amines is 1. The van der Waals surface area contributed by atoms with E-state index in [2.05, 4.69) is 20.5 Å². The van der Waals surface area contributed by atoms with Crippen LogP contribution in [0.5, 0.6) is 0 Å². The van der Waals surface area contributed by atoms with E-state index in [1.54, 1.807) is 30.6 Å². The third-order valence-corrected chi connectivity index (χ3v) is 3.87. The van der Waals surface area contributed by atoms with E-state index in [9.17, 15) is 4.79 Å². The number of halogens is 2. The maximum absolute atomic E-state index is 12.3. The van der Waals surface area contributed by atoms with Gasteiger partial charge in [0.1, 0.15) is 5.69 Å². The molecule has 0 saturated heterocycles. The highest BCUT2D eigenvalue weighted by molar-refractivity contribution is 6.39. The van der Waals surface area contributed by atoms with E-state index in [4.69, 9.17) is 23.2 Å². The van der Waals surface area contributed by atoms with Gasteiger partial charge in [-0.3, -0.25) is 9.78 Å². The van der Waals surface area contributed by atoms with Gasteiger partial charge in [0, 0.05) is 33.9 Å². The summed E-state index contributed by atoms with van der Waals surface area (Å²) in [6.45, 7) is 1.82. The third kappa shape index (κ3) is 3.21. The van der Waals surface area contributed by atoms with E-state index in [1.807, 2.05) is 13.0 Å². The number of fused-ring (bicyclic) bond motifs is 1. The first-order valence-corrected chi connectivity index (χ1v) is 7.52. The summed E-state index contributed by atoms with van der Waals surface area (Å²) in [5.74, 6) is -0.356. The molecule has 0 spiro atoms. The predicted octanol–water partition coefficient (Wildman–Crippen LogP) is 3.94. The largest absolute Gasteiger partial charge is 0.350 e. The summed E-state index contributed by atoms with van der Waals surface area (Å²) in [5.41, 5.74) is 5.12. The molecular weight excluding hydrogens is 335 g/mol. The minimum absolute atomic E-state index is 0.356. The normalized spacial score (nSPS) is 11.3. The number of amides is 1. The van der Waals surface area contributed by atoms with E-state index in [0.29, 0.717) is 21.3 Å². The van der Waals surface area contributed by atoms with Crippen LogP contribution < -0.4 is 5.43 Å². The lowest BCUT2D eigenvalue weighted by atomic mass is 10.1. The second-order valence-electron chi connectivity index (χ2n) is 4.92. The van der Waals surface area contributed by atoms with Crippen molar-refractivity contribution in [2.45, 2.75) is 6.92 Å². The van der Waals surface area contributed by atoms with E-state index in [1.165, 1.54) is 6.21 Å². The fourth-order valence-electron chi connectivity index (χ4n) is 2.31. The van der Waals surface area contributed by atoms with Crippen LogP contribution in [0.2, 0.25) is 10.0 Å². The molecule has 2 heterocycles. The number of carbonyl (C=O) groups is 1. The molecule has 0 bridgehead atoms. The Labute approximate surface area is 142 Å². The van der Waals surface area contributed by atoms with Crippen LogP contribution in [0.3, 0.4) is 0 Å². The minimum Gasteiger partial charge on any atom is -0.350 e. The smallest absolute Gasteiger partial charge is 0.288 e. The molecule has 5 nitrogen and oxygen atoms in total. The van der Waals surface area contributed by atoms with Crippen LogP contribution in [-0.2, 0) is 0 Å². The lowest BCUT2D eigenvalue weighted by Crippen LogP contribution is -2.18. The molecule has 2 aromatic heterocycles. The van der Waals surface area contributed by atoms with Crippen LogP contribution in [0.25, 0.3) is 10.9 Å². The average molecular weight is 347 g/mol. The molecule has 0 radical (unpaired) electrons. The van der Waals surface area contributed by atoms with Gasteiger partial charge in [-0.15, -0.1) is 0 Å². The van der Waals surface area contributed by atoms with Gasteiger partial charge in [0.05, 0.1) is 11.2 Å². The first-order valence-electron chi connectivity index (χ1n) is 6.77. The molecule has 0 atom stereocenters. The van der Waals surface area contributed by atoms with Crippen LogP contribution in [0, 0.1) is 6.92 Å². The van der Waals surface area contributed by atoms with Crippen molar-refractivity contribution in [2.75, 3.05) is 0 Å². The Kier molecular flexibility index (Phi) is 4.32. The van der Waals surface area contributed by atoms with Crippen molar-refractivity contribution in [1.82, 2.24) is 15.4 Å². The number of aryl methyl sites for hydroxylation is 1. The number of hydrogen-bond donors (Lipinski definition) is 2. The van der Waals surface area contributed by atoms with Crippen molar-refractivity contribution in [2.24, 2.45) is 5.10 Å². The molecule has 0 aliphatic rings. The quantitative estimate of drug-likeness (QED) is 0.556. The van der Waals surface area contributed by atoms with E-state index < -0.39 is 0 Å². The van der Waals surface area contributed by atoms with E-state index >= 15 is 0 Å². The summed E-state index contributed by atoms with van der Waals surface area (Å²) >= 11 is 12.2. The van der Waals surface area contributed by atoms with Crippen LogP contribution >= 0.6 is 23.2 Å². The monoisotopic (exact) mass is 346 g/mol. The van der Waals surface area contributed by atoms with Crippen LogP contribution in [-0.4, -0.2) is 22.1 Å². The molecule has 0 aliphatic heterocycles. The first-order chi connectivity index (χ1) is 11.1. The van der Waals surface area contributed by atoms with Gasteiger partial charge in [-0.25, -0.2) is 5.43 Å². The van der Waals surface area contributed by atoms with Crippen molar-refractivity contribution >= 4 is 46.2 Å². The number of hydrazone groups is 1. The van der Waals surface area contributed by atoms with E-state index in [0.717, 1.165) is 16.5 Å². The van der Waals surface area contributed by atoms with Crippen molar-refractivity contribution in [1.29, 1.82) is 0 Å². The fraction of sp³-hybridized carbons (Fsp3) is 0.0625. The lowest BCUT2D eigenvalue weighted by Gasteiger charge is -1.99. The summed E-state index contributed by atoms with van der Waals surface area (Å²) < 4.78 is 0. The summed E-state index contributed by atoms with van der Waals surface area (Å²) in [4.78, 5) is 19.3. The van der Waals surface area contributed by atoms with Gasteiger partial charge in [0.2, 0.25) is 0 Å². The Bertz CT molecular complexity index is 903. The van der Waals surface area contributed by atoms with Crippen molar-refractivity contribution in [3.63, 3.8) is 0 Å². The van der Waals surface area contributed by atoms with E-state index in [-0.39, 0.29) is 5.91 Å². The number of H-pyrrole nitrogens is 1. The Hall–Kier alpha value is -2.37. The number of hydrogen-bond acceptors (Lipinski definition) is 3. The number of benzene rings is 1. The Morgan fingerprint density at radius 3 is 2.96 bits per heavy atom. The predicted molar refractivity (Wildman–Crippen MR) is 92.4 cm³/mol. The molecule has 2 N–H and O–H groups in total. The number of rotatable bonds is 3. The number of carbonyl (C=O) groups excluding carboxylic acids is 1. The van der Waals surface area contributed by atoms with Crippen LogP contribution in [0.15, 0.2) is 41.8 Å². The fourth-order valence-corrected chi connectivity index (χ4v) is 2.94. The zero-order valence-electron chi connectivity index (χ0n) is 12.1. The minimum atomic E-state index is -0.356. The highest BCUT2D eigenvalue weighted by atomic mass is 35.5. The number of nitrogens with zero attached hydrogens (tertiary/aromatic N) is 2. The molecule has 3 aromatic rings. The molecule has 0 saturated carbocycles. The Morgan fingerprint density at radius 1 is 1.39 bits per heavy atom. The van der Waals surface area contributed by atoms with Crippen LogP contribution in [0.4, 0.5) is 0 Å². The first kappa shape index (κ1) is 15.5. The molecule has 116 valence electrons. The highest BCUT2D eigenvalue weighted by Crippen LogP contribution is 2.31. The van der Waals surface area contributed by atoms with Gasteiger partial charge < -0.3 is 4.98 Å². The van der Waals surface area contributed by atoms with Gasteiger partial charge in [0.15, 0.2) is 0 Å². The lowest BCUT2D eigenvalue weighted by molar-refractivity contribution is 0.0950. The van der Waals surface area contributed by atoms with Crippen LogP contribution in [0.1, 0.15) is 21.6 Å². The zero-order valence-corrected chi connectivity index (χ0v) is 13.6. The summed E-state index contributed by atoms with van der Waals surface area (Å²) in [6.07, 6.45) is 4.83. The van der Waals surface area contributed by atoms with Crippen molar-refractivity contribution in [3.05, 3.63) is 63.5 Å². The Morgan fingerprint density at radius 2 is 2.22 bits per heavy atom. The number of aromatic nitrogens is 2. The maximum Gasteiger partial charge on any atom is 0.288 e. The topological polar surface area (TPSA) is 70.1 Å². The second-order valence-corrected chi connectivity index (χ2v) is 5.76. The summed E-state index contributed by atoms with van der Waals surface area (Å²) in [6, 6.07) is 7.00. The molecule has 1 aromatic carbocycles. The molecule has 1 amide bonds. The SMILES string of the molecule is Cc1c(C(=O)N/N=C\c2cccnc2)[nH]c2cc(Cl)cc(Cl)c12. The molecule has 7 heteroatoms. The number of pyridine rings is 1. The molecule has 0 fully saturated rings. The number of nitrogens with one attached hydrogen (secondary N) is 2. The average Bonchev–Trinajstić information content (AvgIpc) is 2.85. The molecule has 0 aliphatic carbocycles. The van der Waals surface area contributed by atoms with Crippen molar-refractivity contribution < 1.29 is 4.79 Å². The van der Waals surface area contributed by atoms with Gasteiger partial charge in [-0.2, -0.15) is 5.10 Å². The highest BCUT2D eigenvalue weighted by Gasteiger charge is 2.16. The van der Waals surface area contributed by atoms with Crippen molar-refractivity contribution in [3.8, 4) is 0 Å². The molecule has 0 unspecified atom stereocenters. The summed E-state index contributed by atoms with van der Waals surface area (Å²) in [7, 11) is 0. The van der Waals surface area contributed by atoms with Gasteiger partial charge >= 0.3 is 0 Å². The third-order valence-electron chi connectivity index (χ3n) is 3.36. The standard InChI is InChI=1S/C16H12Cl2N4O/c1-9-14-12(18)5-11(17)6-13(14)21-15(9)16(23)22-20-8-10-3-2-4-19-7-10/h2-8,21H,1H3,(H,22,23)/b20-8-.